The number of aliphatic imine (C=N–C) groups is 1. The average molecular weight is 411 g/mol. The van der Waals surface area contributed by atoms with Gasteiger partial charge in [-0.1, -0.05) is 29.5 Å². The van der Waals surface area contributed by atoms with Crippen molar-refractivity contribution >= 4 is 28.9 Å². The Morgan fingerprint density at radius 1 is 1.11 bits per heavy atom. The van der Waals surface area contributed by atoms with Crippen LogP contribution in [-0.2, 0) is 4.84 Å². The Morgan fingerprint density at radius 2 is 1.96 bits per heavy atom. The fraction of sp³-hybridized carbons (Fsp3) is 0.286. The zero-order valence-corrected chi connectivity index (χ0v) is 17.9. The fourth-order valence-electron chi connectivity index (χ4n) is 3.03. The van der Waals surface area contributed by atoms with Crippen LogP contribution in [-0.4, -0.2) is 22.6 Å². The minimum absolute atomic E-state index is 0.0142. The topological polar surface area (TPSA) is 59.4 Å². The van der Waals surface area contributed by atoms with E-state index in [1.807, 2.05) is 6.92 Å². The van der Waals surface area contributed by atoms with E-state index >= 15 is 0 Å². The van der Waals surface area contributed by atoms with E-state index in [1.165, 1.54) is 15.3 Å². The Bertz CT molecular complexity index is 1040. The van der Waals surface area contributed by atoms with E-state index in [0.717, 1.165) is 26.7 Å². The predicted molar refractivity (Wildman–Crippen MR) is 114 cm³/mol. The van der Waals surface area contributed by atoms with E-state index in [9.17, 15) is 0 Å². The van der Waals surface area contributed by atoms with Gasteiger partial charge in [-0.25, -0.2) is 5.48 Å². The molecule has 2 aromatic heterocycles. The van der Waals surface area contributed by atoms with E-state index in [0.29, 0.717) is 12.4 Å². The molecule has 28 heavy (non-hydrogen) atoms. The van der Waals surface area contributed by atoms with Gasteiger partial charge in [-0.3, -0.25) is 9.83 Å². The SMILES string of the molecule is Cc1cccc(Sc2nnc(C)c(C)c2C2=N[C@@H](c3ccc(C)s3)CON2)c1. The lowest BCUT2D eigenvalue weighted by Gasteiger charge is -2.23. The highest BCUT2D eigenvalue weighted by Gasteiger charge is 2.24. The number of nitrogens with zero attached hydrogens (tertiary/aromatic N) is 3. The van der Waals surface area contributed by atoms with Crippen LogP contribution in [0.2, 0.25) is 0 Å². The van der Waals surface area contributed by atoms with Gasteiger partial charge in [-0.05, 0) is 57.5 Å². The van der Waals surface area contributed by atoms with Crippen LogP contribution in [0.4, 0.5) is 0 Å². The molecule has 1 aromatic carbocycles. The number of hydrogen-bond donors (Lipinski definition) is 1. The molecule has 7 heteroatoms. The molecule has 5 nitrogen and oxygen atoms in total. The number of thiophene rings is 1. The first-order chi connectivity index (χ1) is 13.5. The Labute approximate surface area is 173 Å². The average Bonchev–Trinajstić information content (AvgIpc) is 3.12. The molecule has 144 valence electrons. The fourth-order valence-corrected chi connectivity index (χ4v) is 4.98. The number of amidine groups is 1. The van der Waals surface area contributed by atoms with Crippen LogP contribution in [0.25, 0.3) is 0 Å². The van der Waals surface area contributed by atoms with E-state index in [2.05, 4.69) is 72.8 Å². The van der Waals surface area contributed by atoms with Gasteiger partial charge in [0.1, 0.15) is 17.7 Å². The Kier molecular flexibility index (Phi) is 5.48. The summed E-state index contributed by atoms with van der Waals surface area (Å²) in [5.74, 6) is 0.716. The first-order valence-electron chi connectivity index (χ1n) is 9.12. The van der Waals surface area contributed by atoms with E-state index in [4.69, 9.17) is 9.83 Å². The molecule has 1 atom stereocenters. The van der Waals surface area contributed by atoms with Crippen molar-refractivity contribution in [3.05, 3.63) is 68.5 Å². The van der Waals surface area contributed by atoms with Gasteiger partial charge in [0.2, 0.25) is 0 Å². The third-order valence-electron chi connectivity index (χ3n) is 4.65. The zero-order valence-electron chi connectivity index (χ0n) is 16.3. The van der Waals surface area contributed by atoms with Crippen LogP contribution >= 0.6 is 23.1 Å². The van der Waals surface area contributed by atoms with Crippen molar-refractivity contribution in [3.63, 3.8) is 0 Å². The quantitative estimate of drug-likeness (QED) is 0.660. The first-order valence-corrected chi connectivity index (χ1v) is 10.8. The van der Waals surface area contributed by atoms with Gasteiger partial charge in [0.05, 0.1) is 11.3 Å². The first kappa shape index (κ1) is 19.1. The summed E-state index contributed by atoms with van der Waals surface area (Å²) in [6.07, 6.45) is 0. The third-order valence-corrected chi connectivity index (χ3v) is 6.72. The van der Waals surface area contributed by atoms with Crippen LogP contribution in [0.5, 0.6) is 0 Å². The van der Waals surface area contributed by atoms with Gasteiger partial charge in [-0.15, -0.1) is 16.4 Å². The molecule has 0 aliphatic carbocycles. The molecule has 0 unspecified atom stereocenters. The van der Waals surface area contributed by atoms with Gasteiger partial charge in [0.25, 0.3) is 0 Å². The van der Waals surface area contributed by atoms with Crippen molar-refractivity contribution in [2.24, 2.45) is 4.99 Å². The van der Waals surface area contributed by atoms with Crippen molar-refractivity contribution in [2.75, 3.05) is 6.61 Å². The summed E-state index contributed by atoms with van der Waals surface area (Å²) >= 11 is 3.36. The number of nitrogens with one attached hydrogen (secondary N) is 1. The highest BCUT2D eigenvalue weighted by Crippen LogP contribution is 2.33. The molecule has 0 spiro atoms. The largest absolute Gasteiger partial charge is 0.272 e. The summed E-state index contributed by atoms with van der Waals surface area (Å²) in [5, 5.41) is 9.65. The molecule has 0 bridgehead atoms. The summed E-state index contributed by atoms with van der Waals surface area (Å²) in [4.78, 5) is 14.3. The molecular weight excluding hydrogens is 388 g/mol. The minimum Gasteiger partial charge on any atom is -0.272 e. The summed E-state index contributed by atoms with van der Waals surface area (Å²) in [6.45, 7) is 8.74. The monoisotopic (exact) mass is 410 g/mol. The van der Waals surface area contributed by atoms with Crippen LogP contribution in [0.3, 0.4) is 0 Å². The van der Waals surface area contributed by atoms with Crippen LogP contribution in [0.15, 0.2) is 51.3 Å². The second kappa shape index (κ2) is 8.03. The number of benzene rings is 1. The summed E-state index contributed by atoms with van der Waals surface area (Å²) < 4.78 is 0. The second-order valence-corrected chi connectivity index (χ2v) is 9.25. The molecule has 1 N–H and O–H groups in total. The highest BCUT2D eigenvalue weighted by atomic mass is 32.2. The van der Waals surface area contributed by atoms with E-state index in [1.54, 1.807) is 23.1 Å². The summed E-state index contributed by atoms with van der Waals surface area (Å²) in [6, 6.07) is 12.6. The van der Waals surface area contributed by atoms with Gasteiger partial charge in [0, 0.05) is 14.6 Å². The minimum atomic E-state index is -0.0142. The van der Waals surface area contributed by atoms with Crippen LogP contribution in [0.1, 0.15) is 38.2 Å². The lowest BCUT2D eigenvalue weighted by molar-refractivity contribution is 0.0627. The normalized spacial score (nSPS) is 16.6. The van der Waals surface area contributed by atoms with Gasteiger partial charge >= 0.3 is 0 Å². The maximum Gasteiger partial charge on any atom is 0.156 e. The molecule has 0 radical (unpaired) electrons. The van der Waals surface area contributed by atoms with Gasteiger partial charge in [0.15, 0.2) is 5.84 Å². The van der Waals surface area contributed by atoms with Crippen LogP contribution < -0.4 is 5.48 Å². The van der Waals surface area contributed by atoms with E-state index in [-0.39, 0.29) is 6.04 Å². The van der Waals surface area contributed by atoms with Crippen molar-refractivity contribution in [2.45, 2.75) is 43.7 Å². The van der Waals surface area contributed by atoms with E-state index < -0.39 is 0 Å². The maximum absolute atomic E-state index is 5.70. The zero-order chi connectivity index (χ0) is 19.7. The third kappa shape index (κ3) is 3.97. The van der Waals surface area contributed by atoms with Crippen molar-refractivity contribution in [1.29, 1.82) is 0 Å². The second-order valence-electron chi connectivity index (χ2n) is 6.86. The standard InChI is InChI=1S/C21H22N4OS2/c1-12-6-5-7-16(10-12)28-21-19(14(3)15(4)23-24-21)20-22-17(11-26-25-20)18-9-8-13(2)27-18/h5-10,17H,11H2,1-4H3,(H,22,25)/t17-/m1/s1. The molecule has 0 saturated heterocycles. The molecule has 1 aliphatic rings. The van der Waals surface area contributed by atoms with Crippen molar-refractivity contribution in [3.8, 4) is 0 Å². The van der Waals surface area contributed by atoms with Crippen LogP contribution in [0, 0.1) is 27.7 Å². The molecule has 3 heterocycles. The Morgan fingerprint density at radius 3 is 2.71 bits per heavy atom. The summed E-state index contributed by atoms with van der Waals surface area (Å²) in [5.41, 5.74) is 7.14. The van der Waals surface area contributed by atoms with Gasteiger partial charge < -0.3 is 0 Å². The Hall–Kier alpha value is -2.22. The highest BCUT2D eigenvalue weighted by molar-refractivity contribution is 7.99. The number of rotatable bonds is 4. The molecule has 3 aromatic rings. The molecule has 1 aliphatic heterocycles. The summed E-state index contributed by atoms with van der Waals surface area (Å²) in [7, 11) is 0. The molecule has 4 rings (SSSR count). The number of aryl methyl sites for hydroxylation is 3. The molecular formula is C21H22N4OS2. The lowest BCUT2D eigenvalue weighted by atomic mass is 10.1. The predicted octanol–water partition coefficient (Wildman–Crippen LogP) is 4.95. The lowest BCUT2D eigenvalue weighted by Crippen LogP contribution is -2.33. The van der Waals surface area contributed by atoms with Crippen molar-refractivity contribution < 1.29 is 4.84 Å². The number of hydroxylamine groups is 1. The molecule has 0 saturated carbocycles. The smallest absolute Gasteiger partial charge is 0.156 e. The molecule has 0 fully saturated rings. The Balaban J connectivity index is 1.75. The maximum atomic E-state index is 5.70. The number of aromatic nitrogens is 2. The number of hydrogen-bond acceptors (Lipinski definition) is 7. The van der Waals surface area contributed by atoms with Gasteiger partial charge in [-0.2, -0.15) is 5.10 Å². The van der Waals surface area contributed by atoms with Crippen molar-refractivity contribution in [1.82, 2.24) is 15.7 Å². The molecule has 0 amide bonds.